The Balaban J connectivity index is 2.00. The van der Waals surface area contributed by atoms with Crippen LogP contribution < -0.4 is 11.1 Å². The molecule has 1 aromatic rings. The number of nitrogens with two attached hydrogens (primary N) is 1. The van der Waals surface area contributed by atoms with Gasteiger partial charge in [-0.25, -0.2) is 4.79 Å². The zero-order valence-corrected chi connectivity index (χ0v) is 11.2. The van der Waals surface area contributed by atoms with Crippen molar-refractivity contribution in [3.05, 3.63) is 28.8 Å². The first kappa shape index (κ1) is 13.2. The van der Waals surface area contributed by atoms with E-state index in [1.54, 1.807) is 11.0 Å². The summed E-state index contributed by atoms with van der Waals surface area (Å²) < 4.78 is 0. The van der Waals surface area contributed by atoms with E-state index in [1.807, 2.05) is 19.1 Å². The second-order valence-corrected chi connectivity index (χ2v) is 5.15. The summed E-state index contributed by atoms with van der Waals surface area (Å²) >= 11 is 6.02. The lowest BCUT2D eigenvalue weighted by atomic mass is 10.1. The molecule has 1 atom stereocenters. The van der Waals surface area contributed by atoms with Crippen molar-refractivity contribution in [2.45, 2.75) is 25.8 Å². The summed E-state index contributed by atoms with van der Waals surface area (Å²) in [6.07, 6.45) is 1.95. The van der Waals surface area contributed by atoms with Crippen molar-refractivity contribution in [3.63, 3.8) is 0 Å². The van der Waals surface area contributed by atoms with E-state index < -0.39 is 0 Å². The number of carbonyl (C=O) groups excluding carboxylic acids is 1. The van der Waals surface area contributed by atoms with E-state index in [1.165, 1.54) is 0 Å². The molecule has 0 unspecified atom stereocenters. The average Bonchev–Trinajstić information content (AvgIpc) is 2.34. The van der Waals surface area contributed by atoms with Crippen molar-refractivity contribution < 1.29 is 4.79 Å². The quantitative estimate of drug-likeness (QED) is 0.822. The Hall–Kier alpha value is -1.26. The van der Waals surface area contributed by atoms with E-state index in [4.69, 9.17) is 17.3 Å². The Kier molecular flexibility index (Phi) is 4.09. The third-order valence-electron chi connectivity index (χ3n) is 3.17. The van der Waals surface area contributed by atoms with Crippen molar-refractivity contribution >= 4 is 23.3 Å². The Labute approximate surface area is 112 Å². The number of aryl methyl sites for hydroxylation is 1. The number of piperidine rings is 1. The van der Waals surface area contributed by atoms with Gasteiger partial charge in [-0.15, -0.1) is 0 Å². The molecule has 5 heteroatoms. The van der Waals surface area contributed by atoms with Crippen molar-refractivity contribution in [3.8, 4) is 0 Å². The highest BCUT2D eigenvalue weighted by molar-refractivity contribution is 6.31. The lowest BCUT2D eigenvalue weighted by Crippen LogP contribution is -2.47. The predicted octanol–water partition coefficient (Wildman–Crippen LogP) is 2.60. The molecule has 1 aromatic carbocycles. The first-order chi connectivity index (χ1) is 8.56. The van der Waals surface area contributed by atoms with Crippen LogP contribution in [0.1, 0.15) is 18.4 Å². The molecule has 2 rings (SSSR count). The van der Waals surface area contributed by atoms with Crippen LogP contribution in [0.15, 0.2) is 18.2 Å². The number of urea groups is 1. The number of halogens is 1. The maximum Gasteiger partial charge on any atom is 0.321 e. The van der Waals surface area contributed by atoms with Crippen LogP contribution in [0.2, 0.25) is 5.02 Å². The van der Waals surface area contributed by atoms with Crippen molar-refractivity contribution in [2.75, 3.05) is 18.4 Å². The van der Waals surface area contributed by atoms with Crippen LogP contribution in [-0.4, -0.2) is 30.1 Å². The first-order valence-electron chi connectivity index (χ1n) is 6.14. The van der Waals surface area contributed by atoms with Crippen LogP contribution >= 0.6 is 11.6 Å². The monoisotopic (exact) mass is 267 g/mol. The maximum atomic E-state index is 12.0. The van der Waals surface area contributed by atoms with Gasteiger partial charge in [-0.05, 0) is 37.5 Å². The summed E-state index contributed by atoms with van der Waals surface area (Å²) in [5.74, 6) is 0. The summed E-state index contributed by atoms with van der Waals surface area (Å²) in [5, 5.41) is 3.50. The second kappa shape index (κ2) is 5.59. The molecule has 4 nitrogen and oxygen atoms in total. The fraction of sp³-hybridized carbons (Fsp3) is 0.462. The Morgan fingerprint density at radius 3 is 3.00 bits per heavy atom. The van der Waals surface area contributed by atoms with Crippen LogP contribution in [-0.2, 0) is 0 Å². The van der Waals surface area contributed by atoms with Crippen LogP contribution in [0.3, 0.4) is 0 Å². The van der Waals surface area contributed by atoms with E-state index in [0.29, 0.717) is 11.6 Å². The number of anilines is 1. The van der Waals surface area contributed by atoms with Crippen molar-refractivity contribution in [1.29, 1.82) is 0 Å². The molecule has 1 fully saturated rings. The molecular formula is C13H18ClN3O. The average molecular weight is 268 g/mol. The highest BCUT2D eigenvalue weighted by Gasteiger charge is 2.21. The normalized spacial score (nSPS) is 19.7. The minimum absolute atomic E-state index is 0.0890. The van der Waals surface area contributed by atoms with Gasteiger partial charge in [0.2, 0.25) is 0 Å². The van der Waals surface area contributed by atoms with Gasteiger partial charge in [0.15, 0.2) is 0 Å². The van der Waals surface area contributed by atoms with Gasteiger partial charge in [0.25, 0.3) is 0 Å². The molecule has 0 aromatic heterocycles. The molecule has 3 N–H and O–H groups in total. The molecule has 1 heterocycles. The second-order valence-electron chi connectivity index (χ2n) is 4.74. The molecule has 98 valence electrons. The van der Waals surface area contributed by atoms with E-state index in [0.717, 1.165) is 30.6 Å². The van der Waals surface area contributed by atoms with Gasteiger partial charge in [0, 0.05) is 29.8 Å². The van der Waals surface area contributed by atoms with Gasteiger partial charge in [-0.2, -0.15) is 0 Å². The molecule has 18 heavy (non-hydrogen) atoms. The molecule has 2 amide bonds. The molecule has 1 aliphatic heterocycles. The van der Waals surface area contributed by atoms with E-state index in [-0.39, 0.29) is 12.1 Å². The fourth-order valence-electron chi connectivity index (χ4n) is 2.07. The van der Waals surface area contributed by atoms with E-state index >= 15 is 0 Å². The van der Waals surface area contributed by atoms with Gasteiger partial charge >= 0.3 is 6.03 Å². The molecule has 1 aliphatic rings. The minimum atomic E-state index is -0.106. The smallest absolute Gasteiger partial charge is 0.321 e. The number of rotatable bonds is 1. The SMILES string of the molecule is Cc1ccc(NC(=O)N2CCC[C@@H](N)C2)cc1Cl. The van der Waals surface area contributed by atoms with Gasteiger partial charge in [0.1, 0.15) is 0 Å². The van der Waals surface area contributed by atoms with Gasteiger partial charge in [0.05, 0.1) is 0 Å². The topological polar surface area (TPSA) is 58.4 Å². The molecule has 0 bridgehead atoms. The third kappa shape index (κ3) is 3.15. The minimum Gasteiger partial charge on any atom is -0.326 e. The molecule has 0 radical (unpaired) electrons. The number of hydrogen-bond acceptors (Lipinski definition) is 2. The van der Waals surface area contributed by atoms with Crippen molar-refractivity contribution in [2.24, 2.45) is 5.73 Å². The van der Waals surface area contributed by atoms with Gasteiger partial charge < -0.3 is 16.0 Å². The first-order valence-corrected chi connectivity index (χ1v) is 6.51. The van der Waals surface area contributed by atoms with E-state index in [9.17, 15) is 4.79 Å². The largest absolute Gasteiger partial charge is 0.326 e. The van der Waals surface area contributed by atoms with Gasteiger partial charge in [-0.1, -0.05) is 17.7 Å². The molecule has 0 spiro atoms. The molecule has 0 aliphatic carbocycles. The number of hydrogen-bond donors (Lipinski definition) is 2. The lowest BCUT2D eigenvalue weighted by Gasteiger charge is -2.30. The number of likely N-dealkylation sites (tertiary alicyclic amines) is 1. The summed E-state index contributed by atoms with van der Waals surface area (Å²) in [4.78, 5) is 13.8. The number of benzene rings is 1. The number of amides is 2. The molecule has 1 saturated heterocycles. The predicted molar refractivity (Wildman–Crippen MR) is 74.0 cm³/mol. The highest BCUT2D eigenvalue weighted by atomic mass is 35.5. The maximum absolute atomic E-state index is 12.0. The lowest BCUT2D eigenvalue weighted by molar-refractivity contribution is 0.193. The van der Waals surface area contributed by atoms with Crippen LogP contribution in [0.5, 0.6) is 0 Å². The zero-order valence-electron chi connectivity index (χ0n) is 10.4. The number of carbonyl (C=O) groups is 1. The van der Waals surface area contributed by atoms with Crippen LogP contribution in [0.4, 0.5) is 10.5 Å². The third-order valence-corrected chi connectivity index (χ3v) is 3.58. The summed E-state index contributed by atoms with van der Waals surface area (Å²) in [7, 11) is 0. The Morgan fingerprint density at radius 1 is 1.56 bits per heavy atom. The molecular weight excluding hydrogens is 250 g/mol. The summed E-state index contributed by atoms with van der Waals surface area (Å²) in [6, 6.07) is 5.48. The Morgan fingerprint density at radius 2 is 2.33 bits per heavy atom. The van der Waals surface area contributed by atoms with E-state index in [2.05, 4.69) is 5.32 Å². The summed E-state index contributed by atoms with van der Waals surface area (Å²) in [5.41, 5.74) is 7.57. The van der Waals surface area contributed by atoms with Crippen LogP contribution in [0.25, 0.3) is 0 Å². The Bertz CT molecular complexity index is 450. The van der Waals surface area contributed by atoms with Crippen LogP contribution in [0, 0.1) is 6.92 Å². The summed E-state index contributed by atoms with van der Waals surface area (Å²) in [6.45, 7) is 3.31. The van der Waals surface area contributed by atoms with Gasteiger partial charge in [-0.3, -0.25) is 0 Å². The highest BCUT2D eigenvalue weighted by Crippen LogP contribution is 2.20. The van der Waals surface area contributed by atoms with Crippen molar-refractivity contribution in [1.82, 2.24) is 4.90 Å². The number of nitrogens with one attached hydrogen (secondary N) is 1. The molecule has 0 saturated carbocycles. The fourth-order valence-corrected chi connectivity index (χ4v) is 2.25. The number of nitrogens with zero attached hydrogens (tertiary/aromatic N) is 1. The standard InChI is InChI=1S/C13H18ClN3O/c1-9-4-5-11(7-12(9)14)16-13(18)17-6-2-3-10(15)8-17/h4-5,7,10H,2-3,6,8,15H2,1H3,(H,16,18)/t10-/m1/s1. The zero-order chi connectivity index (χ0) is 13.1.